The van der Waals surface area contributed by atoms with Gasteiger partial charge in [0.2, 0.25) is 0 Å². The lowest BCUT2D eigenvalue weighted by Crippen LogP contribution is -2.45. The molecular weight excluding hydrogens is 314 g/mol. The first kappa shape index (κ1) is 19.5. The predicted octanol–water partition coefficient (Wildman–Crippen LogP) is 2.95. The highest BCUT2D eigenvalue weighted by Gasteiger charge is 2.46. The number of nitrogens with zero attached hydrogens (tertiary/aromatic N) is 1. The smallest absolute Gasteiger partial charge is 0.344 e. The van der Waals surface area contributed by atoms with E-state index >= 15 is 0 Å². The number of carbonyl (C=O) groups excluding carboxylic acids is 1. The van der Waals surface area contributed by atoms with Crippen LogP contribution in [0.1, 0.15) is 44.6 Å². The highest BCUT2D eigenvalue weighted by atomic mass is 16.5. The summed E-state index contributed by atoms with van der Waals surface area (Å²) < 4.78 is 5.35. The Bertz CT molecular complexity index is 599. The number of aliphatic hydroxyl groups is 1. The Balaban J connectivity index is 2.08. The average molecular weight is 343 g/mol. The van der Waals surface area contributed by atoms with Gasteiger partial charge in [0.15, 0.2) is 12.2 Å². The molecule has 25 heavy (non-hydrogen) atoms. The van der Waals surface area contributed by atoms with Crippen molar-refractivity contribution in [2.75, 3.05) is 26.7 Å². The third kappa shape index (κ3) is 5.07. The first-order chi connectivity index (χ1) is 12.1. The van der Waals surface area contributed by atoms with Crippen molar-refractivity contribution in [3.8, 4) is 11.8 Å². The van der Waals surface area contributed by atoms with Crippen LogP contribution in [0.2, 0.25) is 0 Å². The van der Waals surface area contributed by atoms with E-state index in [1.807, 2.05) is 25.2 Å². The minimum Gasteiger partial charge on any atom is -0.450 e. The average Bonchev–Trinajstić information content (AvgIpc) is 2.68. The van der Waals surface area contributed by atoms with E-state index in [2.05, 4.69) is 23.7 Å². The van der Waals surface area contributed by atoms with E-state index in [0.29, 0.717) is 12.1 Å². The molecule has 0 saturated heterocycles. The topological polar surface area (TPSA) is 49.8 Å². The molecule has 1 aromatic carbocycles. The van der Waals surface area contributed by atoms with Crippen molar-refractivity contribution in [1.82, 2.24) is 4.90 Å². The molecule has 136 valence electrons. The highest BCUT2D eigenvalue weighted by Crippen LogP contribution is 2.40. The van der Waals surface area contributed by atoms with Crippen LogP contribution in [-0.4, -0.2) is 42.7 Å². The fraction of sp³-hybridized carbons (Fsp3) is 0.571. The fourth-order valence-corrected chi connectivity index (χ4v) is 3.30. The van der Waals surface area contributed by atoms with Crippen molar-refractivity contribution in [2.24, 2.45) is 5.92 Å². The number of benzene rings is 1. The number of rotatable bonds is 6. The van der Waals surface area contributed by atoms with Crippen molar-refractivity contribution in [2.45, 2.75) is 44.6 Å². The molecule has 4 heteroatoms. The molecule has 0 heterocycles. The molecule has 0 bridgehead atoms. The van der Waals surface area contributed by atoms with Gasteiger partial charge in [0.25, 0.3) is 0 Å². The van der Waals surface area contributed by atoms with Gasteiger partial charge >= 0.3 is 5.97 Å². The SMILES string of the molecule is CCN(C)CC#CCOC(=O)C(O)(c1ccccc1)C1CCCCC1. The lowest BCUT2D eigenvalue weighted by Gasteiger charge is -2.36. The number of hydrogen-bond donors (Lipinski definition) is 1. The molecule has 4 nitrogen and oxygen atoms in total. The summed E-state index contributed by atoms with van der Waals surface area (Å²) in [7, 11) is 1.98. The Morgan fingerprint density at radius 1 is 1.24 bits per heavy atom. The Labute approximate surface area is 151 Å². The van der Waals surface area contributed by atoms with Crippen LogP contribution in [0.25, 0.3) is 0 Å². The maximum Gasteiger partial charge on any atom is 0.344 e. The van der Waals surface area contributed by atoms with E-state index in [1.165, 1.54) is 0 Å². The number of carbonyl (C=O) groups is 1. The van der Waals surface area contributed by atoms with Crippen LogP contribution in [0, 0.1) is 17.8 Å². The molecule has 0 aliphatic heterocycles. The largest absolute Gasteiger partial charge is 0.450 e. The minimum atomic E-state index is -1.58. The van der Waals surface area contributed by atoms with Crippen LogP contribution in [0.15, 0.2) is 30.3 Å². The molecule has 0 amide bonds. The van der Waals surface area contributed by atoms with E-state index < -0.39 is 11.6 Å². The van der Waals surface area contributed by atoms with Gasteiger partial charge in [0, 0.05) is 5.92 Å². The lowest BCUT2D eigenvalue weighted by molar-refractivity contribution is -0.174. The Hall–Kier alpha value is -1.83. The zero-order chi connectivity index (χ0) is 18.1. The normalized spacial score (nSPS) is 17.4. The van der Waals surface area contributed by atoms with Gasteiger partial charge in [-0.3, -0.25) is 4.90 Å². The lowest BCUT2D eigenvalue weighted by atomic mass is 9.73. The summed E-state index contributed by atoms with van der Waals surface area (Å²) in [5.41, 5.74) is -0.964. The second-order valence-corrected chi connectivity index (χ2v) is 6.73. The molecule has 0 aromatic heterocycles. The van der Waals surface area contributed by atoms with E-state index in [-0.39, 0.29) is 12.5 Å². The molecule has 2 rings (SSSR count). The first-order valence-electron chi connectivity index (χ1n) is 9.18. The van der Waals surface area contributed by atoms with Gasteiger partial charge in [-0.25, -0.2) is 4.79 Å². The third-order valence-electron chi connectivity index (χ3n) is 5.01. The van der Waals surface area contributed by atoms with Gasteiger partial charge in [-0.1, -0.05) is 68.4 Å². The molecule has 0 radical (unpaired) electrons. The quantitative estimate of drug-likeness (QED) is 0.637. The Morgan fingerprint density at radius 3 is 2.56 bits per heavy atom. The standard InChI is InChI=1S/C21H29NO3/c1-3-22(2)16-10-11-17-25-20(23)21(24,18-12-6-4-7-13-18)19-14-8-5-9-15-19/h4,6-7,12-13,19,24H,3,5,8-9,14-17H2,1-2H3. The van der Waals surface area contributed by atoms with Crippen molar-refractivity contribution in [1.29, 1.82) is 0 Å². The summed E-state index contributed by atoms with van der Waals surface area (Å²) in [5.74, 6) is 5.16. The summed E-state index contributed by atoms with van der Waals surface area (Å²) in [4.78, 5) is 14.8. The summed E-state index contributed by atoms with van der Waals surface area (Å²) in [6.45, 7) is 3.63. The molecular formula is C21H29NO3. The molecule has 1 unspecified atom stereocenters. The first-order valence-corrected chi connectivity index (χ1v) is 9.18. The summed E-state index contributed by atoms with van der Waals surface area (Å²) in [6.07, 6.45) is 4.92. The van der Waals surface area contributed by atoms with Gasteiger partial charge in [-0.2, -0.15) is 0 Å². The van der Waals surface area contributed by atoms with E-state index in [4.69, 9.17) is 4.74 Å². The Morgan fingerprint density at radius 2 is 1.92 bits per heavy atom. The number of hydrogen-bond acceptors (Lipinski definition) is 4. The molecule has 1 aliphatic rings. The van der Waals surface area contributed by atoms with E-state index in [1.54, 1.807) is 12.1 Å². The molecule has 1 aromatic rings. The molecule has 1 atom stereocenters. The summed E-state index contributed by atoms with van der Waals surface area (Å²) in [6, 6.07) is 9.18. The third-order valence-corrected chi connectivity index (χ3v) is 5.01. The summed E-state index contributed by atoms with van der Waals surface area (Å²) >= 11 is 0. The zero-order valence-corrected chi connectivity index (χ0v) is 15.3. The van der Waals surface area contributed by atoms with Crippen LogP contribution in [0.5, 0.6) is 0 Å². The van der Waals surface area contributed by atoms with Crippen molar-refractivity contribution in [3.63, 3.8) is 0 Å². The maximum atomic E-state index is 12.8. The van der Waals surface area contributed by atoms with Crippen molar-refractivity contribution in [3.05, 3.63) is 35.9 Å². The molecule has 1 saturated carbocycles. The molecule has 0 spiro atoms. The van der Waals surface area contributed by atoms with Crippen LogP contribution in [-0.2, 0) is 15.1 Å². The van der Waals surface area contributed by atoms with E-state index in [9.17, 15) is 9.90 Å². The molecule has 1 fully saturated rings. The maximum absolute atomic E-state index is 12.8. The zero-order valence-electron chi connectivity index (χ0n) is 15.3. The second-order valence-electron chi connectivity index (χ2n) is 6.73. The van der Waals surface area contributed by atoms with Gasteiger partial charge in [-0.05, 0) is 32.0 Å². The number of esters is 1. The van der Waals surface area contributed by atoms with Gasteiger partial charge < -0.3 is 9.84 Å². The van der Waals surface area contributed by atoms with Crippen LogP contribution >= 0.6 is 0 Å². The van der Waals surface area contributed by atoms with Crippen LogP contribution in [0.4, 0.5) is 0 Å². The van der Waals surface area contributed by atoms with Crippen LogP contribution < -0.4 is 0 Å². The molecule has 1 N–H and O–H groups in total. The van der Waals surface area contributed by atoms with Crippen molar-refractivity contribution >= 4 is 5.97 Å². The Kier molecular flexibility index (Phi) is 7.49. The minimum absolute atomic E-state index is 0.0122. The van der Waals surface area contributed by atoms with E-state index in [0.717, 1.165) is 38.6 Å². The highest BCUT2D eigenvalue weighted by molar-refractivity contribution is 5.81. The van der Waals surface area contributed by atoms with Gasteiger partial charge in [0.1, 0.15) is 0 Å². The van der Waals surface area contributed by atoms with Crippen LogP contribution in [0.3, 0.4) is 0 Å². The predicted molar refractivity (Wildman–Crippen MR) is 98.8 cm³/mol. The summed E-state index contributed by atoms with van der Waals surface area (Å²) in [5, 5.41) is 11.3. The van der Waals surface area contributed by atoms with Crippen molar-refractivity contribution < 1.29 is 14.6 Å². The van der Waals surface area contributed by atoms with Gasteiger partial charge in [0.05, 0.1) is 6.54 Å². The van der Waals surface area contributed by atoms with Gasteiger partial charge in [-0.15, -0.1) is 0 Å². The molecule has 1 aliphatic carbocycles. The second kappa shape index (κ2) is 9.60. The monoisotopic (exact) mass is 343 g/mol. The number of ether oxygens (including phenoxy) is 1. The fourth-order valence-electron chi connectivity index (χ4n) is 3.30.